The van der Waals surface area contributed by atoms with E-state index in [9.17, 15) is 0 Å². The standard InChI is InChI=1S/C14H26N2O2/c1-2-17-13-6-11(7-13)15-8-14-9-16-5-3-4-12(16)10-18-14/h11-15H,2-10H2,1H3. The minimum atomic E-state index is 0.394. The van der Waals surface area contributed by atoms with Crippen LogP contribution in [0, 0.1) is 0 Å². The molecule has 0 bridgehead atoms. The highest BCUT2D eigenvalue weighted by atomic mass is 16.5. The third kappa shape index (κ3) is 2.87. The van der Waals surface area contributed by atoms with Crippen molar-refractivity contribution in [3.8, 4) is 0 Å². The molecule has 4 heteroatoms. The third-order valence-corrected chi connectivity index (χ3v) is 4.59. The first-order valence-electron chi connectivity index (χ1n) is 7.55. The quantitative estimate of drug-likeness (QED) is 0.794. The van der Waals surface area contributed by atoms with Crippen molar-refractivity contribution in [2.24, 2.45) is 0 Å². The second-order valence-corrected chi connectivity index (χ2v) is 5.90. The van der Waals surface area contributed by atoms with E-state index in [1.165, 1.54) is 32.2 Å². The van der Waals surface area contributed by atoms with E-state index in [2.05, 4.69) is 17.1 Å². The SMILES string of the molecule is CCOC1CC(NCC2CN3CCCC3CO2)C1. The Morgan fingerprint density at radius 3 is 3.11 bits per heavy atom. The van der Waals surface area contributed by atoms with E-state index in [1.54, 1.807) is 0 Å². The summed E-state index contributed by atoms with van der Waals surface area (Å²) in [5, 5.41) is 3.63. The van der Waals surface area contributed by atoms with Crippen molar-refractivity contribution in [3.05, 3.63) is 0 Å². The topological polar surface area (TPSA) is 33.7 Å². The molecule has 2 heterocycles. The van der Waals surface area contributed by atoms with Gasteiger partial charge in [0.1, 0.15) is 0 Å². The van der Waals surface area contributed by atoms with Crippen LogP contribution in [0.15, 0.2) is 0 Å². The van der Waals surface area contributed by atoms with Crippen LogP contribution in [0.2, 0.25) is 0 Å². The van der Waals surface area contributed by atoms with Crippen LogP contribution in [0.3, 0.4) is 0 Å². The van der Waals surface area contributed by atoms with Crippen LogP contribution in [-0.2, 0) is 9.47 Å². The van der Waals surface area contributed by atoms with Gasteiger partial charge < -0.3 is 14.8 Å². The number of rotatable bonds is 5. The molecule has 0 aromatic carbocycles. The van der Waals surface area contributed by atoms with Crippen molar-refractivity contribution >= 4 is 0 Å². The summed E-state index contributed by atoms with van der Waals surface area (Å²) >= 11 is 0. The van der Waals surface area contributed by atoms with Crippen LogP contribution in [0.4, 0.5) is 0 Å². The molecule has 1 saturated carbocycles. The molecule has 2 saturated heterocycles. The zero-order valence-electron chi connectivity index (χ0n) is 11.4. The molecule has 2 aliphatic heterocycles. The largest absolute Gasteiger partial charge is 0.378 e. The zero-order chi connectivity index (χ0) is 12.4. The average Bonchev–Trinajstić information content (AvgIpc) is 2.79. The Labute approximate surface area is 110 Å². The maximum absolute atomic E-state index is 5.95. The summed E-state index contributed by atoms with van der Waals surface area (Å²) in [6.45, 7) is 7.27. The molecule has 4 nitrogen and oxygen atoms in total. The second kappa shape index (κ2) is 5.87. The zero-order valence-corrected chi connectivity index (χ0v) is 11.4. The van der Waals surface area contributed by atoms with Gasteiger partial charge in [0.05, 0.1) is 18.8 Å². The number of morpholine rings is 1. The van der Waals surface area contributed by atoms with E-state index in [0.717, 1.165) is 26.3 Å². The van der Waals surface area contributed by atoms with Crippen LogP contribution in [0.1, 0.15) is 32.6 Å². The molecular weight excluding hydrogens is 228 g/mol. The van der Waals surface area contributed by atoms with Crippen molar-refractivity contribution in [2.75, 3.05) is 32.8 Å². The van der Waals surface area contributed by atoms with Gasteiger partial charge in [-0.1, -0.05) is 0 Å². The van der Waals surface area contributed by atoms with E-state index in [-0.39, 0.29) is 0 Å². The van der Waals surface area contributed by atoms with E-state index in [0.29, 0.717) is 24.3 Å². The Morgan fingerprint density at radius 2 is 2.28 bits per heavy atom. The van der Waals surface area contributed by atoms with Gasteiger partial charge in [-0.25, -0.2) is 0 Å². The van der Waals surface area contributed by atoms with Crippen molar-refractivity contribution in [1.82, 2.24) is 10.2 Å². The number of hydrogen-bond donors (Lipinski definition) is 1. The molecule has 18 heavy (non-hydrogen) atoms. The Morgan fingerprint density at radius 1 is 1.39 bits per heavy atom. The highest BCUT2D eigenvalue weighted by molar-refractivity contribution is 4.89. The molecule has 1 aliphatic carbocycles. The fourth-order valence-corrected chi connectivity index (χ4v) is 3.41. The molecule has 3 aliphatic rings. The van der Waals surface area contributed by atoms with Crippen LogP contribution >= 0.6 is 0 Å². The van der Waals surface area contributed by atoms with Gasteiger partial charge in [0.2, 0.25) is 0 Å². The molecule has 1 N–H and O–H groups in total. The maximum Gasteiger partial charge on any atom is 0.0827 e. The first-order valence-corrected chi connectivity index (χ1v) is 7.55. The lowest BCUT2D eigenvalue weighted by atomic mass is 9.89. The lowest BCUT2D eigenvalue weighted by Crippen LogP contribution is -2.53. The number of fused-ring (bicyclic) bond motifs is 1. The van der Waals surface area contributed by atoms with E-state index in [4.69, 9.17) is 9.47 Å². The minimum Gasteiger partial charge on any atom is -0.378 e. The predicted octanol–water partition coefficient (Wildman–Crippen LogP) is 1.01. The normalized spacial score (nSPS) is 40.5. The predicted molar refractivity (Wildman–Crippen MR) is 70.8 cm³/mol. The molecule has 104 valence electrons. The van der Waals surface area contributed by atoms with Gasteiger partial charge in [-0.3, -0.25) is 4.90 Å². The maximum atomic E-state index is 5.95. The van der Waals surface area contributed by atoms with Crippen LogP contribution in [0.5, 0.6) is 0 Å². The fourth-order valence-electron chi connectivity index (χ4n) is 3.41. The summed E-state index contributed by atoms with van der Waals surface area (Å²) in [6, 6.07) is 1.37. The van der Waals surface area contributed by atoms with E-state index < -0.39 is 0 Å². The van der Waals surface area contributed by atoms with E-state index >= 15 is 0 Å². The summed E-state index contributed by atoms with van der Waals surface area (Å²) in [7, 11) is 0. The smallest absolute Gasteiger partial charge is 0.0827 e. The summed E-state index contributed by atoms with van der Waals surface area (Å²) in [4.78, 5) is 2.61. The van der Waals surface area contributed by atoms with Gasteiger partial charge in [-0.2, -0.15) is 0 Å². The molecule has 0 radical (unpaired) electrons. The van der Waals surface area contributed by atoms with Crippen molar-refractivity contribution in [3.63, 3.8) is 0 Å². The Balaban J connectivity index is 1.32. The second-order valence-electron chi connectivity index (χ2n) is 5.90. The minimum absolute atomic E-state index is 0.394. The molecule has 0 spiro atoms. The van der Waals surface area contributed by atoms with Crippen LogP contribution < -0.4 is 5.32 Å². The molecular formula is C14H26N2O2. The van der Waals surface area contributed by atoms with Gasteiger partial charge in [-0.15, -0.1) is 0 Å². The molecule has 3 rings (SSSR count). The number of hydrogen-bond acceptors (Lipinski definition) is 4. The summed E-state index contributed by atoms with van der Waals surface area (Å²) in [5.74, 6) is 0. The first-order chi connectivity index (χ1) is 8.85. The molecule has 0 amide bonds. The summed E-state index contributed by atoms with van der Waals surface area (Å²) in [6.07, 6.45) is 5.93. The first kappa shape index (κ1) is 12.9. The fraction of sp³-hybridized carbons (Fsp3) is 1.00. The lowest BCUT2D eigenvalue weighted by molar-refractivity contribution is -0.0546. The molecule has 0 aromatic rings. The summed E-state index contributed by atoms with van der Waals surface area (Å²) in [5.41, 5.74) is 0. The molecule has 3 fully saturated rings. The van der Waals surface area contributed by atoms with Crippen molar-refractivity contribution in [2.45, 2.75) is 56.9 Å². The van der Waals surface area contributed by atoms with Gasteiger partial charge in [0.15, 0.2) is 0 Å². The molecule has 2 atom stereocenters. The number of ether oxygens (including phenoxy) is 2. The van der Waals surface area contributed by atoms with Crippen molar-refractivity contribution in [1.29, 1.82) is 0 Å². The monoisotopic (exact) mass is 254 g/mol. The van der Waals surface area contributed by atoms with Gasteiger partial charge in [0.25, 0.3) is 0 Å². The lowest BCUT2D eigenvalue weighted by Gasteiger charge is -2.39. The van der Waals surface area contributed by atoms with Gasteiger partial charge in [-0.05, 0) is 39.2 Å². The highest BCUT2D eigenvalue weighted by Crippen LogP contribution is 2.25. The summed E-state index contributed by atoms with van der Waals surface area (Å²) < 4.78 is 11.5. The van der Waals surface area contributed by atoms with E-state index in [1.807, 2.05) is 0 Å². The highest BCUT2D eigenvalue weighted by Gasteiger charge is 2.34. The van der Waals surface area contributed by atoms with Gasteiger partial charge in [0, 0.05) is 31.8 Å². The van der Waals surface area contributed by atoms with Crippen LogP contribution in [0.25, 0.3) is 0 Å². The van der Waals surface area contributed by atoms with Crippen molar-refractivity contribution < 1.29 is 9.47 Å². The average molecular weight is 254 g/mol. The van der Waals surface area contributed by atoms with Gasteiger partial charge >= 0.3 is 0 Å². The molecule has 2 unspecified atom stereocenters. The number of nitrogens with one attached hydrogen (secondary N) is 1. The molecule has 0 aromatic heterocycles. The Bertz CT molecular complexity index is 269. The Kier molecular flexibility index (Phi) is 4.19. The van der Waals surface area contributed by atoms with Crippen LogP contribution in [-0.4, -0.2) is 62.0 Å². The third-order valence-electron chi connectivity index (χ3n) is 4.59. The number of nitrogens with zero attached hydrogens (tertiary/aromatic N) is 1. The Hall–Kier alpha value is -0.160.